The van der Waals surface area contributed by atoms with Gasteiger partial charge in [0.2, 0.25) is 0 Å². The lowest BCUT2D eigenvalue weighted by Gasteiger charge is -1.96. The Balaban J connectivity index is 2.28. The standard InChI is InChI=1S/C11H10O3/c12-10-3-1-2-8(7-10)6-9-4-5-14-11(9)13/h1-3,6-7,12H,4-5H2. The molecule has 3 nitrogen and oxygen atoms in total. The average molecular weight is 190 g/mol. The van der Waals surface area contributed by atoms with Gasteiger partial charge in [-0.2, -0.15) is 0 Å². The molecule has 0 bridgehead atoms. The minimum Gasteiger partial charge on any atom is -0.508 e. The number of hydrogen-bond acceptors (Lipinski definition) is 3. The summed E-state index contributed by atoms with van der Waals surface area (Å²) in [5, 5.41) is 9.21. The molecule has 0 aromatic heterocycles. The summed E-state index contributed by atoms with van der Waals surface area (Å²) in [6.07, 6.45) is 2.39. The van der Waals surface area contributed by atoms with Crippen LogP contribution in [0, 0.1) is 0 Å². The van der Waals surface area contributed by atoms with Gasteiger partial charge in [0.15, 0.2) is 0 Å². The second kappa shape index (κ2) is 3.54. The predicted octanol–water partition coefficient (Wildman–Crippen LogP) is 1.72. The number of phenols is 1. The number of carbonyl (C=O) groups excluding carboxylic acids is 1. The van der Waals surface area contributed by atoms with Gasteiger partial charge in [-0.05, 0) is 23.8 Å². The molecule has 0 aliphatic carbocycles. The molecule has 0 spiro atoms. The number of hydrogen-bond donors (Lipinski definition) is 1. The van der Waals surface area contributed by atoms with Crippen molar-refractivity contribution < 1.29 is 14.6 Å². The number of carbonyl (C=O) groups is 1. The highest BCUT2D eigenvalue weighted by Gasteiger charge is 2.17. The Morgan fingerprint density at radius 1 is 1.43 bits per heavy atom. The first-order valence-electron chi connectivity index (χ1n) is 4.42. The van der Waals surface area contributed by atoms with Crippen molar-refractivity contribution in [2.24, 2.45) is 0 Å². The zero-order valence-corrected chi connectivity index (χ0v) is 7.56. The van der Waals surface area contributed by atoms with Crippen LogP contribution in [-0.4, -0.2) is 17.7 Å². The van der Waals surface area contributed by atoms with Crippen LogP contribution in [0.2, 0.25) is 0 Å². The minimum absolute atomic E-state index is 0.200. The number of rotatable bonds is 1. The molecule has 1 fully saturated rings. The van der Waals surface area contributed by atoms with E-state index < -0.39 is 0 Å². The SMILES string of the molecule is O=C1OCCC1=Cc1cccc(O)c1. The molecule has 0 unspecified atom stereocenters. The van der Waals surface area contributed by atoms with Gasteiger partial charge < -0.3 is 9.84 Å². The van der Waals surface area contributed by atoms with Crippen molar-refractivity contribution in [2.45, 2.75) is 6.42 Å². The second-order valence-electron chi connectivity index (χ2n) is 3.15. The lowest BCUT2D eigenvalue weighted by molar-refractivity contribution is -0.134. The largest absolute Gasteiger partial charge is 0.508 e. The van der Waals surface area contributed by atoms with Crippen LogP contribution in [0.5, 0.6) is 5.75 Å². The maximum atomic E-state index is 11.1. The van der Waals surface area contributed by atoms with Crippen molar-refractivity contribution >= 4 is 12.0 Å². The summed E-state index contributed by atoms with van der Waals surface area (Å²) in [5.41, 5.74) is 1.48. The van der Waals surface area contributed by atoms with Crippen LogP contribution in [0.4, 0.5) is 0 Å². The Kier molecular flexibility index (Phi) is 2.23. The smallest absolute Gasteiger partial charge is 0.334 e. The van der Waals surface area contributed by atoms with Crippen molar-refractivity contribution in [3.63, 3.8) is 0 Å². The number of aromatic hydroxyl groups is 1. The molecule has 14 heavy (non-hydrogen) atoms. The third kappa shape index (κ3) is 1.76. The normalized spacial score (nSPS) is 18.6. The van der Waals surface area contributed by atoms with E-state index in [-0.39, 0.29) is 11.7 Å². The van der Waals surface area contributed by atoms with E-state index in [4.69, 9.17) is 4.74 Å². The second-order valence-corrected chi connectivity index (χ2v) is 3.15. The van der Waals surface area contributed by atoms with Gasteiger partial charge in [0.1, 0.15) is 5.75 Å². The summed E-state index contributed by atoms with van der Waals surface area (Å²) in [7, 11) is 0. The monoisotopic (exact) mass is 190 g/mol. The molecule has 1 N–H and O–H groups in total. The maximum Gasteiger partial charge on any atom is 0.334 e. The Hall–Kier alpha value is -1.77. The summed E-state index contributed by atoms with van der Waals surface area (Å²) in [5.74, 6) is -0.0564. The molecule has 0 amide bonds. The fourth-order valence-corrected chi connectivity index (χ4v) is 1.40. The van der Waals surface area contributed by atoms with Crippen LogP contribution in [-0.2, 0) is 9.53 Å². The third-order valence-electron chi connectivity index (χ3n) is 2.08. The Labute approximate surface area is 81.6 Å². The van der Waals surface area contributed by atoms with Crippen LogP contribution in [0.1, 0.15) is 12.0 Å². The van der Waals surface area contributed by atoms with Crippen molar-refractivity contribution in [3.05, 3.63) is 35.4 Å². The van der Waals surface area contributed by atoms with Gasteiger partial charge >= 0.3 is 5.97 Å². The molecule has 0 atom stereocenters. The Morgan fingerprint density at radius 3 is 2.93 bits per heavy atom. The molecular formula is C11H10O3. The number of benzene rings is 1. The molecule has 1 aliphatic rings. The van der Waals surface area contributed by atoms with Crippen LogP contribution in [0.3, 0.4) is 0 Å². The zero-order valence-electron chi connectivity index (χ0n) is 7.56. The topological polar surface area (TPSA) is 46.5 Å². The molecule has 1 aromatic carbocycles. The summed E-state index contributed by atoms with van der Waals surface area (Å²) in [6, 6.07) is 6.77. The molecule has 72 valence electrons. The number of cyclic esters (lactones) is 1. The molecule has 1 heterocycles. The molecule has 3 heteroatoms. The van der Waals surface area contributed by atoms with Crippen molar-refractivity contribution in [1.82, 2.24) is 0 Å². The van der Waals surface area contributed by atoms with E-state index in [1.54, 1.807) is 24.3 Å². The highest BCUT2D eigenvalue weighted by molar-refractivity contribution is 5.95. The molecule has 1 saturated heterocycles. The fraction of sp³-hybridized carbons (Fsp3) is 0.182. The molecule has 1 aliphatic heterocycles. The Bertz CT molecular complexity index is 393. The number of phenolic OH excluding ortho intramolecular Hbond substituents is 1. The quantitative estimate of drug-likeness (QED) is 0.541. The molecular weight excluding hydrogens is 180 g/mol. The van der Waals surface area contributed by atoms with E-state index in [0.29, 0.717) is 18.6 Å². The van der Waals surface area contributed by atoms with Crippen LogP contribution >= 0.6 is 0 Å². The van der Waals surface area contributed by atoms with Gasteiger partial charge in [-0.3, -0.25) is 0 Å². The highest BCUT2D eigenvalue weighted by atomic mass is 16.5. The zero-order chi connectivity index (χ0) is 9.97. The van der Waals surface area contributed by atoms with E-state index in [1.807, 2.05) is 6.07 Å². The van der Waals surface area contributed by atoms with Crippen molar-refractivity contribution in [1.29, 1.82) is 0 Å². The van der Waals surface area contributed by atoms with E-state index >= 15 is 0 Å². The van der Waals surface area contributed by atoms with E-state index in [1.165, 1.54) is 0 Å². The van der Waals surface area contributed by atoms with E-state index in [9.17, 15) is 9.90 Å². The minimum atomic E-state index is -0.256. The number of esters is 1. The third-order valence-corrected chi connectivity index (χ3v) is 2.08. The summed E-state index contributed by atoms with van der Waals surface area (Å²) >= 11 is 0. The van der Waals surface area contributed by atoms with Crippen LogP contribution in [0.25, 0.3) is 6.08 Å². The van der Waals surface area contributed by atoms with E-state index in [2.05, 4.69) is 0 Å². The predicted molar refractivity (Wildman–Crippen MR) is 51.7 cm³/mol. The van der Waals surface area contributed by atoms with Crippen molar-refractivity contribution in [3.8, 4) is 5.75 Å². The highest BCUT2D eigenvalue weighted by Crippen LogP contribution is 2.19. The van der Waals surface area contributed by atoms with Gasteiger partial charge in [-0.1, -0.05) is 12.1 Å². The first-order chi connectivity index (χ1) is 6.75. The lowest BCUT2D eigenvalue weighted by atomic mass is 10.1. The molecule has 1 aromatic rings. The van der Waals surface area contributed by atoms with Crippen LogP contribution < -0.4 is 0 Å². The molecule has 0 saturated carbocycles. The van der Waals surface area contributed by atoms with Gasteiger partial charge in [-0.25, -0.2) is 4.79 Å². The van der Waals surface area contributed by atoms with Gasteiger partial charge in [0, 0.05) is 12.0 Å². The summed E-state index contributed by atoms with van der Waals surface area (Å²) in [6.45, 7) is 0.462. The van der Waals surface area contributed by atoms with Gasteiger partial charge in [-0.15, -0.1) is 0 Å². The van der Waals surface area contributed by atoms with Crippen LogP contribution in [0.15, 0.2) is 29.8 Å². The average Bonchev–Trinajstić information content (AvgIpc) is 2.52. The summed E-state index contributed by atoms with van der Waals surface area (Å²) < 4.78 is 4.80. The fourth-order valence-electron chi connectivity index (χ4n) is 1.40. The molecule has 0 radical (unpaired) electrons. The summed E-state index contributed by atoms with van der Waals surface area (Å²) in [4.78, 5) is 11.1. The lowest BCUT2D eigenvalue weighted by Crippen LogP contribution is -1.94. The van der Waals surface area contributed by atoms with Gasteiger partial charge in [0.05, 0.1) is 6.61 Å². The first kappa shape index (κ1) is 8.81. The number of ether oxygens (including phenoxy) is 1. The molecule has 2 rings (SSSR count). The van der Waals surface area contributed by atoms with Crippen molar-refractivity contribution in [2.75, 3.05) is 6.61 Å². The maximum absolute atomic E-state index is 11.1. The van der Waals surface area contributed by atoms with Gasteiger partial charge in [0.25, 0.3) is 0 Å². The first-order valence-corrected chi connectivity index (χ1v) is 4.42. The van der Waals surface area contributed by atoms with E-state index in [0.717, 1.165) is 5.56 Å². The Morgan fingerprint density at radius 2 is 2.29 bits per heavy atom.